The number of nitrogens with zero attached hydrogens (tertiary/aromatic N) is 2. The lowest BCUT2D eigenvalue weighted by molar-refractivity contribution is -0.276. The Hall–Kier alpha value is -4.91. The van der Waals surface area contributed by atoms with E-state index in [-0.39, 0.29) is 37.7 Å². The Morgan fingerprint density at radius 2 is 1.62 bits per heavy atom. The first kappa shape index (κ1) is 36.9. The molecule has 0 aliphatic carbocycles. The van der Waals surface area contributed by atoms with E-state index < -0.39 is 42.4 Å². The van der Waals surface area contributed by atoms with Gasteiger partial charge in [-0.15, -0.1) is 0 Å². The second kappa shape index (κ2) is 16.6. The Bertz CT molecular complexity index is 1820. The van der Waals surface area contributed by atoms with Crippen LogP contribution in [0.4, 0.5) is 10.5 Å². The zero-order valence-electron chi connectivity index (χ0n) is 29.5. The van der Waals surface area contributed by atoms with E-state index in [1.54, 1.807) is 18.2 Å². The van der Waals surface area contributed by atoms with Gasteiger partial charge in [-0.25, -0.2) is 9.69 Å². The summed E-state index contributed by atoms with van der Waals surface area (Å²) < 4.78 is 18.5. The predicted molar refractivity (Wildman–Crippen MR) is 194 cm³/mol. The fourth-order valence-electron chi connectivity index (χ4n) is 6.68. The Labute approximate surface area is 303 Å². The molecule has 2 aliphatic rings. The number of hydrogen-bond donors (Lipinski definition) is 3. The van der Waals surface area contributed by atoms with Gasteiger partial charge in [0.05, 0.1) is 37.0 Å². The molecule has 7 atom stereocenters. The number of carbonyl (C=O) groups excluding carboxylic acids is 3. The van der Waals surface area contributed by atoms with Crippen molar-refractivity contribution in [3.63, 3.8) is 0 Å². The highest BCUT2D eigenvalue weighted by Gasteiger charge is 2.42. The Morgan fingerprint density at radius 1 is 0.923 bits per heavy atom. The SMILES string of the molecule is C[C@@H]1[C@H](CN(C)[C@H](C)[C@@H](O)c2ccccc2)O[C@H](c2cccc(N3C(=O)CC(NC(=O)OCc4ccccc4)C3=O)c2)O[C@@H]1c1ccc(CO)cc1. The second-order valence-electron chi connectivity index (χ2n) is 13.5. The molecule has 0 saturated carbocycles. The third-order valence-corrected chi connectivity index (χ3v) is 9.94. The number of hydrogen-bond acceptors (Lipinski definition) is 9. The topological polar surface area (TPSA) is 138 Å². The number of amides is 3. The highest BCUT2D eigenvalue weighted by molar-refractivity contribution is 6.22. The average Bonchev–Trinajstić information content (AvgIpc) is 3.46. The van der Waals surface area contributed by atoms with Crippen LogP contribution in [0, 0.1) is 5.92 Å². The van der Waals surface area contributed by atoms with Crippen molar-refractivity contribution >= 4 is 23.6 Å². The number of aliphatic hydroxyl groups is 2. The highest BCUT2D eigenvalue weighted by atomic mass is 16.7. The standard InChI is InChI=1S/C41H45N3O8/c1-26-35(23-43(3)27(2)37(47)30-13-8-5-9-14-30)51-40(52-38(26)31-19-17-28(24-45)18-20-31)32-15-10-16-33(21-32)44-36(46)22-34(39(44)48)42-41(49)50-25-29-11-6-4-7-12-29/h4-21,26-27,34-35,37-38,40,45,47H,22-25H2,1-3H3,(H,42,49)/t26-,27-,34?,35+,37-,38+,40+/m1/s1. The minimum atomic E-state index is -1.07. The number of imide groups is 1. The molecule has 2 heterocycles. The zero-order valence-corrected chi connectivity index (χ0v) is 29.5. The van der Waals surface area contributed by atoms with Gasteiger partial charge in [-0.3, -0.25) is 14.5 Å². The van der Waals surface area contributed by atoms with Crippen molar-refractivity contribution in [2.24, 2.45) is 5.92 Å². The normalized spacial score (nSPS) is 23.0. The molecule has 6 rings (SSSR count). The molecule has 0 spiro atoms. The summed E-state index contributed by atoms with van der Waals surface area (Å²) in [5.41, 5.74) is 4.25. The molecule has 2 aliphatic heterocycles. The van der Waals surface area contributed by atoms with E-state index in [2.05, 4.69) is 17.1 Å². The third kappa shape index (κ3) is 8.41. The summed E-state index contributed by atoms with van der Waals surface area (Å²) in [5.74, 6) is -1.13. The number of carbonyl (C=O) groups is 3. The fraction of sp³-hybridized carbons (Fsp3) is 0.341. The molecule has 0 aromatic heterocycles. The van der Waals surface area contributed by atoms with Gasteiger partial charge in [0.2, 0.25) is 5.91 Å². The molecule has 11 nitrogen and oxygen atoms in total. The first-order valence-corrected chi connectivity index (χ1v) is 17.5. The van der Waals surface area contributed by atoms with Crippen LogP contribution in [0.25, 0.3) is 0 Å². The number of benzene rings is 4. The first-order chi connectivity index (χ1) is 25.1. The van der Waals surface area contributed by atoms with E-state index >= 15 is 0 Å². The minimum absolute atomic E-state index is 0.0309. The van der Waals surface area contributed by atoms with E-state index in [4.69, 9.17) is 14.2 Å². The summed E-state index contributed by atoms with van der Waals surface area (Å²) in [6.45, 7) is 4.47. The van der Waals surface area contributed by atoms with E-state index in [0.29, 0.717) is 17.8 Å². The van der Waals surface area contributed by atoms with Gasteiger partial charge in [0.25, 0.3) is 5.91 Å². The number of ether oxygens (including phenoxy) is 3. The lowest BCUT2D eigenvalue weighted by Gasteiger charge is -2.43. The number of alkyl carbamates (subject to hydrolysis) is 1. The zero-order chi connectivity index (χ0) is 36.8. The monoisotopic (exact) mass is 707 g/mol. The third-order valence-electron chi connectivity index (χ3n) is 9.94. The van der Waals surface area contributed by atoms with Gasteiger partial charge in [-0.2, -0.15) is 0 Å². The summed E-state index contributed by atoms with van der Waals surface area (Å²) >= 11 is 0. The molecule has 3 N–H and O–H groups in total. The van der Waals surface area contributed by atoms with Gasteiger partial charge in [0.1, 0.15) is 12.6 Å². The quantitative estimate of drug-likeness (QED) is 0.161. The summed E-state index contributed by atoms with van der Waals surface area (Å²) in [6, 6.07) is 31.9. The van der Waals surface area contributed by atoms with Crippen LogP contribution in [0.15, 0.2) is 109 Å². The average molecular weight is 708 g/mol. The molecular weight excluding hydrogens is 662 g/mol. The van der Waals surface area contributed by atoms with Crippen LogP contribution in [-0.4, -0.2) is 64.8 Å². The number of rotatable bonds is 12. The van der Waals surface area contributed by atoms with E-state index in [1.807, 2.05) is 105 Å². The van der Waals surface area contributed by atoms with E-state index in [9.17, 15) is 24.6 Å². The maximum Gasteiger partial charge on any atom is 0.408 e. The van der Waals surface area contributed by atoms with Gasteiger partial charge in [0, 0.05) is 24.1 Å². The molecule has 0 bridgehead atoms. The lowest BCUT2D eigenvalue weighted by atomic mass is 9.89. The highest BCUT2D eigenvalue weighted by Crippen LogP contribution is 2.43. The molecule has 2 saturated heterocycles. The van der Waals surface area contributed by atoms with Crippen LogP contribution in [0.1, 0.15) is 66.6 Å². The molecule has 272 valence electrons. The predicted octanol–water partition coefficient (Wildman–Crippen LogP) is 5.58. The molecular formula is C41H45N3O8. The maximum absolute atomic E-state index is 13.5. The van der Waals surface area contributed by atoms with Crippen molar-refractivity contribution in [2.75, 3.05) is 18.5 Å². The van der Waals surface area contributed by atoms with Crippen LogP contribution >= 0.6 is 0 Å². The van der Waals surface area contributed by atoms with Crippen molar-refractivity contribution in [2.45, 2.75) is 70.2 Å². The summed E-state index contributed by atoms with van der Waals surface area (Å²) in [4.78, 5) is 42.3. The first-order valence-electron chi connectivity index (χ1n) is 17.5. The molecule has 11 heteroatoms. The van der Waals surface area contributed by atoms with Crippen LogP contribution in [0.5, 0.6) is 0 Å². The molecule has 1 unspecified atom stereocenters. The van der Waals surface area contributed by atoms with Gasteiger partial charge >= 0.3 is 6.09 Å². The van der Waals surface area contributed by atoms with Crippen molar-refractivity contribution in [3.05, 3.63) is 137 Å². The van der Waals surface area contributed by atoms with E-state index in [1.165, 1.54) is 0 Å². The molecule has 2 fully saturated rings. The lowest BCUT2D eigenvalue weighted by Crippen LogP contribution is -2.46. The molecule has 4 aromatic carbocycles. The Morgan fingerprint density at radius 3 is 2.31 bits per heavy atom. The number of nitrogens with one attached hydrogen (secondary N) is 1. The fourth-order valence-corrected chi connectivity index (χ4v) is 6.68. The molecule has 0 radical (unpaired) electrons. The summed E-state index contributed by atoms with van der Waals surface area (Å²) in [6.07, 6.45) is -3.30. The number of likely N-dealkylation sites (N-methyl/N-ethyl adjacent to an activating group) is 1. The largest absolute Gasteiger partial charge is 0.445 e. The smallest absolute Gasteiger partial charge is 0.408 e. The van der Waals surface area contributed by atoms with Crippen molar-refractivity contribution in [1.29, 1.82) is 0 Å². The van der Waals surface area contributed by atoms with Crippen LogP contribution in [-0.2, 0) is 37.0 Å². The van der Waals surface area contributed by atoms with Crippen molar-refractivity contribution in [3.8, 4) is 0 Å². The van der Waals surface area contributed by atoms with Gasteiger partial charge < -0.3 is 29.7 Å². The van der Waals surface area contributed by atoms with Crippen LogP contribution in [0.3, 0.4) is 0 Å². The summed E-state index contributed by atoms with van der Waals surface area (Å²) in [7, 11) is 1.95. The van der Waals surface area contributed by atoms with Crippen LogP contribution < -0.4 is 10.2 Å². The number of anilines is 1. The van der Waals surface area contributed by atoms with Crippen molar-refractivity contribution < 1.29 is 38.8 Å². The summed E-state index contributed by atoms with van der Waals surface area (Å²) in [5, 5.41) is 23.3. The van der Waals surface area contributed by atoms with Gasteiger partial charge in [0.15, 0.2) is 6.29 Å². The van der Waals surface area contributed by atoms with Gasteiger partial charge in [-0.05, 0) is 48.4 Å². The van der Waals surface area contributed by atoms with Gasteiger partial charge in [-0.1, -0.05) is 104 Å². The molecule has 3 amide bonds. The van der Waals surface area contributed by atoms with E-state index in [0.717, 1.165) is 27.2 Å². The molecule has 52 heavy (non-hydrogen) atoms. The maximum atomic E-state index is 13.5. The van der Waals surface area contributed by atoms with Crippen LogP contribution in [0.2, 0.25) is 0 Å². The molecule has 4 aromatic rings. The Balaban J connectivity index is 1.19. The second-order valence-corrected chi connectivity index (χ2v) is 13.5. The number of aliphatic hydroxyl groups excluding tert-OH is 2. The minimum Gasteiger partial charge on any atom is -0.445 e. The van der Waals surface area contributed by atoms with Crippen molar-refractivity contribution in [1.82, 2.24) is 10.2 Å². The Kier molecular flexibility index (Phi) is 11.8.